The molecule has 1 saturated heterocycles. The van der Waals surface area contributed by atoms with Gasteiger partial charge < -0.3 is 40.3 Å². The van der Waals surface area contributed by atoms with E-state index in [0.29, 0.717) is 44.6 Å². The smallest absolute Gasteiger partial charge is 0.220 e. The van der Waals surface area contributed by atoms with Crippen LogP contribution in [0.2, 0.25) is 0 Å². The number of ether oxygens (including phenoxy) is 2. The molecule has 10 heteroatoms. The van der Waals surface area contributed by atoms with E-state index in [0.717, 1.165) is 41.5 Å². The molecule has 2 amide bonds. The van der Waals surface area contributed by atoms with Crippen LogP contribution in [0.3, 0.4) is 0 Å². The molecule has 0 bridgehead atoms. The standard InChI is InChI=1S/C36H47N3O7/c1-25(41)37-18-5-3-4-9-35(44)38-21-26-10-16-29(17-11-26)36-45-32(20-34(46-36)28-14-12-27(24-40)13-15-28)22-39(2)23-33(43)30-7-6-8-31(42)19-30/h6-8,10-17,19,32-34,36,40,42-43H,3-5,9,18,20-24H2,1-2H3,(H,37,41)(H,38,44)/t32-,33+,34+,36+/m0/s1. The van der Waals surface area contributed by atoms with E-state index in [9.17, 15) is 24.9 Å². The van der Waals surface area contributed by atoms with Crippen molar-refractivity contribution >= 4 is 11.8 Å². The molecule has 0 saturated carbocycles. The third-order valence-electron chi connectivity index (χ3n) is 8.07. The van der Waals surface area contributed by atoms with Crippen LogP contribution in [0.1, 0.15) is 85.3 Å². The fraction of sp³-hybridized carbons (Fsp3) is 0.444. The number of carbonyl (C=O) groups is 2. The first kappa shape index (κ1) is 35.1. The number of benzene rings is 3. The second-order valence-electron chi connectivity index (χ2n) is 12.0. The topological polar surface area (TPSA) is 141 Å². The average molecular weight is 634 g/mol. The first-order valence-electron chi connectivity index (χ1n) is 16.0. The Hall–Kier alpha value is -3.80. The van der Waals surface area contributed by atoms with Crippen LogP contribution in [0.25, 0.3) is 0 Å². The number of rotatable bonds is 16. The van der Waals surface area contributed by atoms with Crippen LogP contribution >= 0.6 is 0 Å². The Labute approximate surface area is 271 Å². The van der Waals surface area contributed by atoms with Gasteiger partial charge >= 0.3 is 0 Å². The van der Waals surface area contributed by atoms with E-state index in [2.05, 4.69) is 10.6 Å². The lowest BCUT2D eigenvalue weighted by atomic mass is 9.99. The van der Waals surface area contributed by atoms with E-state index >= 15 is 0 Å². The Balaban J connectivity index is 1.35. The summed E-state index contributed by atoms with van der Waals surface area (Å²) in [5.41, 5.74) is 4.29. The summed E-state index contributed by atoms with van der Waals surface area (Å²) in [5, 5.41) is 35.8. The van der Waals surface area contributed by atoms with Gasteiger partial charge in [0.15, 0.2) is 6.29 Å². The van der Waals surface area contributed by atoms with Gasteiger partial charge in [0.25, 0.3) is 0 Å². The minimum atomic E-state index is -0.766. The summed E-state index contributed by atoms with van der Waals surface area (Å²) in [4.78, 5) is 25.3. The molecular formula is C36H47N3O7. The normalized spacial score (nSPS) is 18.7. The van der Waals surface area contributed by atoms with Crippen molar-refractivity contribution in [3.8, 4) is 5.75 Å². The first-order valence-corrected chi connectivity index (χ1v) is 16.0. The van der Waals surface area contributed by atoms with Gasteiger partial charge in [-0.2, -0.15) is 0 Å². The molecule has 0 spiro atoms. The molecule has 4 rings (SSSR count). The molecule has 1 fully saturated rings. The molecule has 3 aromatic rings. The lowest BCUT2D eigenvalue weighted by Gasteiger charge is -2.38. The average Bonchev–Trinajstić information content (AvgIpc) is 3.05. The summed E-state index contributed by atoms with van der Waals surface area (Å²) in [5.74, 6) is 0.0770. The lowest BCUT2D eigenvalue weighted by molar-refractivity contribution is -0.252. The molecule has 0 radical (unpaired) electrons. The van der Waals surface area contributed by atoms with Crippen molar-refractivity contribution in [1.82, 2.24) is 15.5 Å². The highest BCUT2D eigenvalue weighted by Crippen LogP contribution is 2.38. The zero-order chi connectivity index (χ0) is 32.9. The van der Waals surface area contributed by atoms with Gasteiger partial charge in [0.05, 0.1) is 24.9 Å². The van der Waals surface area contributed by atoms with E-state index in [1.54, 1.807) is 24.3 Å². The van der Waals surface area contributed by atoms with E-state index in [-0.39, 0.29) is 36.4 Å². The summed E-state index contributed by atoms with van der Waals surface area (Å²) < 4.78 is 12.9. The molecule has 1 heterocycles. The minimum absolute atomic E-state index is 0.00115. The van der Waals surface area contributed by atoms with Gasteiger partial charge in [-0.25, -0.2) is 0 Å². The predicted octanol–water partition coefficient (Wildman–Crippen LogP) is 4.41. The molecule has 248 valence electrons. The zero-order valence-electron chi connectivity index (χ0n) is 26.7. The monoisotopic (exact) mass is 633 g/mol. The quantitative estimate of drug-likeness (QED) is 0.146. The number of carbonyl (C=O) groups excluding carboxylic acids is 2. The zero-order valence-corrected chi connectivity index (χ0v) is 26.7. The highest BCUT2D eigenvalue weighted by molar-refractivity contribution is 5.75. The second-order valence-corrected chi connectivity index (χ2v) is 12.0. The molecule has 1 aliphatic heterocycles. The second kappa shape index (κ2) is 17.8. The van der Waals surface area contributed by atoms with Gasteiger partial charge in [0.1, 0.15) is 5.75 Å². The summed E-state index contributed by atoms with van der Waals surface area (Å²) in [6.45, 7) is 3.44. The number of likely N-dealkylation sites (N-methyl/N-ethyl adjacent to an activating group) is 1. The van der Waals surface area contributed by atoms with Crippen molar-refractivity contribution in [1.29, 1.82) is 0 Å². The molecule has 0 aromatic heterocycles. The number of aliphatic hydroxyl groups is 2. The van der Waals surface area contributed by atoms with E-state index in [1.807, 2.05) is 60.5 Å². The Bertz CT molecular complexity index is 1380. The molecule has 4 atom stereocenters. The van der Waals surface area contributed by atoms with Crippen LogP contribution in [0.15, 0.2) is 72.8 Å². The van der Waals surface area contributed by atoms with E-state index in [1.165, 1.54) is 6.92 Å². The van der Waals surface area contributed by atoms with Gasteiger partial charge in [-0.05, 0) is 54.3 Å². The molecular weight excluding hydrogens is 586 g/mol. The molecule has 1 aliphatic rings. The fourth-order valence-electron chi connectivity index (χ4n) is 5.52. The maximum atomic E-state index is 12.3. The largest absolute Gasteiger partial charge is 0.508 e. The summed E-state index contributed by atoms with van der Waals surface area (Å²) in [7, 11) is 1.93. The Morgan fingerprint density at radius 3 is 2.35 bits per heavy atom. The third kappa shape index (κ3) is 11.2. The number of phenols is 1. The Morgan fingerprint density at radius 1 is 0.935 bits per heavy atom. The number of amides is 2. The minimum Gasteiger partial charge on any atom is -0.508 e. The maximum absolute atomic E-state index is 12.3. The summed E-state index contributed by atoms with van der Waals surface area (Å²) >= 11 is 0. The van der Waals surface area contributed by atoms with Crippen molar-refractivity contribution in [3.63, 3.8) is 0 Å². The van der Waals surface area contributed by atoms with Crippen LogP contribution in [0.5, 0.6) is 5.75 Å². The molecule has 3 aromatic carbocycles. The van der Waals surface area contributed by atoms with Crippen LogP contribution < -0.4 is 10.6 Å². The molecule has 0 aliphatic carbocycles. The first-order chi connectivity index (χ1) is 22.2. The van der Waals surface area contributed by atoms with Gasteiger partial charge in [-0.15, -0.1) is 0 Å². The number of hydrogen-bond donors (Lipinski definition) is 5. The number of nitrogens with one attached hydrogen (secondary N) is 2. The number of phenolic OH excluding ortho intramolecular Hbond substituents is 1. The number of nitrogens with zero attached hydrogens (tertiary/aromatic N) is 1. The highest BCUT2D eigenvalue weighted by Gasteiger charge is 2.33. The van der Waals surface area contributed by atoms with Crippen LogP contribution in [-0.4, -0.2) is 64.8 Å². The molecule has 5 N–H and O–H groups in total. The van der Waals surface area contributed by atoms with Gasteiger partial charge in [-0.1, -0.05) is 67.1 Å². The van der Waals surface area contributed by atoms with Crippen molar-refractivity contribution in [3.05, 3.63) is 101 Å². The van der Waals surface area contributed by atoms with Crippen molar-refractivity contribution < 1.29 is 34.4 Å². The highest BCUT2D eigenvalue weighted by atomic mass is 16.7. The summed E-state index contributed by atoms with van der Waals surface area (Å²) in [6.07, 6.45) is 1.75. The number of aliphatic hydroxyl groups excluding tert-OH is 2. The number of aromatic hydroxyl groups is 1. The van der Waals surface area contributed by atoms with Crippen LogP contribution in [0.4, 0.5) is 0 Å². The summed E-state index contributed by atoms with van der Waals surface area (Å²) in [6, 6.07) is 22.2. The number of unbranched alkanes of at least 4 members (excludes halogenated alkanes) is 2. The molecule has 0 unspecified atom stereocenters. The Kier molecular flexibility index (Phi) is 13.5. The van der Waals surface area contributed by atoms with Gasteiger partial charge in [0, 0.05) is 51.5 Å². The van der Waals surface area contributed by atoms with Gasteiger partial charge in [-0.3, -0.25) is 9.59 Å². The van der Waals surface area contributed by atoms with Crippen molar-refractivity contribution in [2.75, 3.05) is 26.7 Å². The Morgan fingerprint density at radius 2 is 1.65 bits per heavy atom. The van der Waals surface area contributed by atoms with Crippen molar-refractivity contribution in [2.45, 2.75) is 76.8 Å². The molecule has 10 nitrogen and oxygen atoms in total. The maximum Gasteiger partial charge on any atom is 0.220 e. The number of hydrogen-bond acceptors (Lipinski definition) is 8. The third-order valence-corrected chi connectivity index (χ3v) is 8.07. The van der Waals surface area contributed by atoms with Crippen LogP contribution in [-0.2, 0) is 32.2 Å². The molecule has 46 heavy (non-hydrogen) atoms. The lowest BCUT2D eigenvalue weighted by Crippen LogP contribution is -2.39. The van der Waals surface area contributed by atoms with E-state index < -0.39 is 12.4 Å². The van der Waals surface area contributed by atoms with Gasteiger partial charge in [0.2, 0.25) is 11.8 Å². The van der Waals surface area contributed by atoms with E-state index in [4.69, 9.17) is 9.47 Å². The SMILES string of the molecule is CC(=O)NCCCCCC(=O)NCc1ccc([C@@H]2O[C@H](CN(C)C[C@@H](O)c3cccc(O)c3)C[C@H](c3ccc(CO)cc3)O2)cc1. The van der Waals surface area contributed by atoms with Crippen LogP contribution in [0, 0.1) is 0 Å². The van der Waals surface area contributed by atoms with Crippen molar-refractivity contribution in [2.24, 2.45) is 0 Å². The fourth-order valence-corrected chi connectivity index (χ4v) is 5.52. The predicted molar refractivity (Wildman–Crippen MR) is 174 cm³/mol.